The second-order valence-corrected chi connectivity index (χ2v) is 6.91. The van der Waals surface area contributed by atoms with Gasteiger partial charge in [0, 0.05) is 19.0 Å². The number of primary amides is 1. The number of hydrogen-bond donors (Lipinski definition) is 1. The lowest BCUT2D eigenvalue weighted by atomic mass is 9.83. The zero-order valence-corrected chi connectivity index (χ0v) is 12.3. The maximum Gasteiger partial charge on any atom is 0.231 e. The van der Waals surface area contributed by atoms with E-state index in [1.165, 1.54) is 18.2 Å². The van der Waals surface area contributed by atoms with Crippen LogP contribution in [0.2, 0.25) is 0 Å². The molecule has 20 heavy (non-hydrogen) atoms. The highest BCUT2D eigenvalue weighted by Gasteiger charge is 2.48. The van der Waals surface area contributed by atoms with Crippen molar-refractivity contribution in [2.45, 2.75) is 30.9 Å². The van der Waals surface area contributed by atoms with E-state index in [1.807, 2.05) is 17.1 Å². The summed E-state index contributed by atoms with van der Waals surface area (Å²) in [5, 5.41) is -0.402. The van der Waals surface area contributed by atoms with Crippen molar-refractivity contribution in [3.63, 3.8) is 0 Å². The van der Waals surface area contributed by atoms with Crippen LogP contribution >= 0.6 is 11.8 Å². The van der Waals surface area contributed by atoms with Gasteiger partial charge in [-0.3, -0.25) is 9.59 Å². The molecule has 0 aromatic carbocycles. The van der Waals surface area contributed by atoms with Gasteiger partial charge >= 0.3 is 0 Å². The highest BCUT2D eigenvalue weighted by Crippen LogP contribution is 2.50. The van der Waals surface area contributed by atoms with Crippen molar-refractivity contribution in [1.82, 2.24) is 4.90 Å². The van der Waals surface area contributed by atoms with Crippen LogP contribution in [0.5, 0.6) is 0 Å². The minimum atomic E-state index is -0.402. The van der Waals surface area contributed by atoms with E-state index in [9.17, 15) is 9.59 Å². The molecule has 4 nitrogen and oxygen atoms in total. The summed E-state index contributed by atoms with van der Waals surface area (Å²) >= 11 is 1.49. The van der Waals surface area contributed by atoms with E-state index in [1.54, 1.807) is 0 Å². The van der Waals surface area contributed by atoms with E-state index in [0.29, 0.717) is 0 Å². The minimum absolute atomic E-state index is 0.129. The minimum Gasteiger partial charge on any atom is -0.369 e. The number of carbonyl (C=O) groups excluding carboxylic acids is 2. The normalized spacial score (nSPS) is 32.7. The average molecular weight is 292 g/mol. The maximum atomic E-state index is 12.8. The second kappa shape index (κ2) is 5.64. The Balaban J connectivity index is 1.84. The van der Waals surface area contributed by atoms with E-state index in [0.717, 1.165) is 37.3 Å². The number of piperidine rings is 1. The smallest absolute Gasteiger partial charge is 0.231 e. The first-order valence-corrected chi connectivity index (χ1v) is 8.18. The number of likely N-dealkylation sites (tertiary alicyclic amines) is 1. The summed E-state index contributed by atoms with van der Waals surface area (Å²) < 4.78 is 0. The number of nitrogens with zero attached hydrogens (tertiary/aromatic N) is 1. The summed E-state index contributed by atoms with van der Waals surface area (Å²) in [6.45, 7) is 1.65. The monoisotopic (exact) mass is 292 g/mol. The Morgan fingerprint density at radius 3 is 2.70 bits per heavy atom. The average Bonchev–Trinajstić information content (AvgIpc) is 2.87. The fourth-order valence-corrected chi connectivity index (χ4v) is 4.81. The first kappa shape index (κ1) is 13.7. The van der Waals surface area contributed by atoms with Crippen LogP contribution in [0.3, 0.4) is 0 Å². The number of amides is 2. The molecule has 0 radical (unpaired) electrons. The van der Waals surface area contributed by atoms with Crippen LogP contribution in [0.15, 0.2) is 23.1 Å². The molecule has 3 unspecified atom stereocenters. The van der Waals surface area contributed by atoms with E-state index < -0.39 is 5.25 Å². The Labute approximate surface area is 123 Å². The van der Waals surface area contributed by atoms with Gasteiger partial charge in [-0.2, -0.15) is 0 Å². The molecule has 0 aromatic rings. The molecule has 3 aliphatic rings. The molecule has 0 spiro atoms. The molecular weight excluding hydrogens is 272 g/mol. The van der Waals surface area contributed by atoms with Gasteiger partial charge in [-0.1, -0.05) is 18.2 Å². The van der Waals surface area contributed by atoms with E-state index in [2.05, 4.69) is 6.08 Å². The molecule has 3 rings (SSSR count). The van der Waals surface area contributed by atoms with E-state index in [4.69, 9.17) is 5.73 Å². The first-order chi connectivity index (χ1) is 9.68. The number of fused-ring (bicyclic) bond motifs is 1. The molecule has 0 saturated carbocycles. The molecular formula is C15H20N2O2S. The van der Waals surface area contributed by atoms with E-state index >= 15 is 0 Å². The molecule has 0 bridgehead atoms. The number of thioether (sulfide) groups is 1. The molecule has 2 aliphatic heterocycles. The van der Waals surface area contributed by atoms with Crippen LogP contribution in [-0.4, -0.2) is 35.1 Å². The topological polar surface area (TPSA) is 63.4 Å². The van der Waals surface area contributed by atoms with Gasteiger partial charge in [-0.25, -0.2) is 0 Å². The van der Waals surface area contributed by atoms with Crippen LogP contribution in [0, 0.1) is 11.8 Å². The lowest BCUT2D eigenvalue weighted by Crippen LogP contribution is -2.46. The molecule has 108 valence electrons. The first-order valence-electron chi connectivity index (χ1n) is 7.30. The third-order valence-corrected chi connectivity index (χ3v) is 5.90. The van der Waals surface area contributed by atoms with Crippen LogP contribution in [0.25, 0.3) is 0 Å². The molecule has 2 amide bonds. The largest absolute Gasteiger partial charge is 0.369 e. The fourth-order valence-electron chi connectivity index (χ4n) is 3.37. The highest BCUT2D eigenvalue weighted by molar-refractivity contribution is 8.04. The molecule has 2 N–H and O–H groups in total. The van der Waals surface area contributed by atoms with Gasteiger partial charge in [0.1, 0.15) is 0 Å². The van der Waals surface area contributed by atoms with Gasteiger partial charge in [0.05, 0.1) is 11.2 Å². The van der Waals surface area contributed by atoms with Gasteiger partial charge < -0.3 is 10.6 Å². The number of allylic oxidation sites excluding steroid dienone is 4. The number of nitrogens with two attached hydrogens (primary N) is 1. The summed E-state index contributed by atoms with van der Waals surface area (Å²) in [6.07, 6.45) is 10.3. The van der Waals surface area contributed by atoms with Gasteiger partial charge in [-0.05, 0) is 30.6 Å². The second-order valence-electron chi connectivity index (χ2n) is 5.69. The Morgan fingerprint density at radius 1 is 1.25 bits per heavy atom. The van der Waals surface area contributed by atoms with Crippen molar-refractivity contribution in [1.29, 1.82) is 0 Å². The number of rotatable bonds is 2. The molecule has 2 heterocycles. The van der Waals surface area contributed by atoms with Crippen LogP contribution in [-0.2, 0) is 9.59 Å². The third kappa shape index (κ3) is 2.39. The summed E-state index contributed by atoms with van der Waals surface area (Å²) in [5.41, 5.74) is 5.53. The molecule has 3 atom stereocenters. The lowest BCUT2D eigenvalue weighted by Gasteiger charge is -2.32. The van der Waals surface area contributed by atoms with Crippen molar-refractivity contribution < 1.29 is 9.59 Å². The molecule has 1 aliphatic carbocycles. The van der Waals surface area contributed by atoms with Crippen molar-refractivity contribution >= 4 is 23.6 Å². The number of carbonyl (C=O) groups is 2. The van der Waals surface area contributed by atoms with Crippen LogP contribution in [0.1, 0.15) is 25.7 Å². The van der Waals surface area contributed by atoms with E-state index in [-0.39, 0.29) is 23.7 Å². The van der Waals surface area contributed by atoms with Crippen molar-refractivity contribution in [3.05, 3.63) is 23.1 Å². The van der Waals surface area contributed by atoms with Gasteiger partial charge in [0.25, 0.3) is 0 Å². The van der Waals surface area contributed by atoms with Gasteiger partial charge in [0.15, 0.2) is 0 Å². The molecule has 2 saturated heterocycles. The van der Waals surface area contributed by atoms with Gasteiger partial charge in [-0.15, -0.1) is 11.8 Å². The highest BCUT2D eigenvalue weighted by atomic mass is 32.2. The van der Waals surface area contributed by atoms with Crippen LogP contribution in [0.4, 0.5) is 0 Å². The third-order valence-electron chi connectivity index (χ3n) is 4.41. The van der Waals surface area contributed by atoms with Crippen molar-refractivity contribution in [2.24, 2.45) is 17.6 Å². The Hall–Kier alpha value is -1.23. The zero-order valence-electron chi connectivity index (χ0n) is 11.5. The quantitative estimate of drug-likeness (QED) is 0.842. The van der Waals surface area contributed by atoms with Gasteiger partial charge in [0.2, 0.25) is 11.8 Å². The molecule has 5 heteroatoms. The Bertz CT molecular complexity index is 478. The summed E-state index contributed by atoms with van der Waals surface area (Å²) in [4.78, 5) is 27.6. The summed E-state index contributed by atoms with van der Waals surface area (Å²) in [6, 6.07) is 0. The lowest BCUT2D eigenvalue weighted by molar-refractivity contribution is -0.139. The maximum absolute atomic E-state index is 12.8. The number of hydrogen-bond acceptors (Lipinski definition) is 3. The SMILES string of the molecule is NC(=O)C1SC2=CC=CCC2C1C(=O)N1CCCCC1. The van der Waals surface area contributed by atoms with Crippen molar-refractivity contribution in [2.75, 3.05) is 13.1 Å². The zero-order chi connectivity index (χ0) is 14.1. The Morgan fingerprint density at radius 2 is 2.00 bits per heavy atom. The molecule has 0 aromatic heterocycles. The summed E-state index contributed by atoms with van der Waals surface area (Å²) in [7, 11) is 0. The van der Waals surface area contributed by atoms with Crippen LogP contribution < -0.4 is 5.73 Å². The predicted molar refractivity (Wildman–Crippen MR) is 79.8 cm³/mol. The standard InChI is InChI=1S/C15H20N2O2S/c16-14(18)13-12(10-6-2-3-7-11(10)20-13)15(19)17-8-4-1-5-9-17/h2-3,7,10,12-13H,1,4-6,8-9H2,(H2,16,18). The fraction of sp³-hybridized carbons (Fsp3) is 0.600. The summed E-state index contributed by atoms with van der Waals surface area (Å²) in [5.74, 6) is -0.353. The molecule has 2 fully saturated rings. The Kier molecular flexibility index (Phi) is 3.87. The van der Waals surface area contributed by atoms with Crippen molar-refractivity contribution in [3.8, 4) is 0 Å². The predicted octanol–water partition coefficient (Wildman–Crippen LogP) is 1.68.